The van der Waals surface area contributed by atoms with Crippen molar-refractivity contribution in [2.45, 2.75) is 84.0 Å². The Morgan fingerprint density at radius 2 is 1.28 bits per heavy atom. The number of carbonyl (C=O) groups excluding carboxylic acids is 3. The predicted molar refractivity (Wildman–Crippen MR) is 207 cm³/mol. The molecular weight excluding hydrogens is 683 g/mol. The normalized spacial score (nSPS) is 18.0. The molecule has 2 fully saturated rings. The van der Waals surface area contributed by atoms with Crippen LogP contribution in [0.5, 0.6) is 0 Å². The first-order valence-corrected chi connectivity index (χ1v) is 18.8. The van der Waals surface area contributed by atoms with Gasteiger partial charge in [-0.15, -0.1) is 0 Å². The van der Waals surface area contributed by atoms with Gasteiger partial charge in [0.05, 0.1) is 43.0 Å². The second kappa shape index (κ2) is 15.0. The Morgan fingerprint density at radius 3 is 1.87 bits per heavy atom. The number of nitrogens with zero attached hydrogens (tertiary/aromatic N) is 4. The van der Waals surface area contributed by atoms with Crippen LogP contribution in [0, 0.1) is 5.92 Å². The maximum Gasteiger partial charge on any atom is 0.410 e. The summed E-state index contributed by atoms with van der Waals surface area (Å²) < 4.78 is 10.4. The number of carbonyl (C=O) groups is 3. The van der Waals surface area contributed by atoms with Crippen molar-refractivity contribution < 1.29 is 23.9 Å². The lowest BCUT2D eigenvalue weighted by molar-refractivity contribution is -0.135. The lowest BCUT2D eigenvalue weighted by Crippen LogP contribution is -2.51. The van der Waals surface area contributed by atoms with Crippen LogP contribution in [-0.4, -0.2) is 79.7 Å². The molecule has 7 rings (SSSR count). The molecule has 0 saturated carbocycles. The smallest absolute Gasteiger partial charge is 0.410 e. The van der Waals surface area contributed by atoms with E-state index in [4.69, 9.17) is 9.47 Å². The zero-order chi connectivity index (χ0) is 38.1. The Hall–Kier alpha value is -5.65. The largest absolute Gasteiger partial charge is 0.453 e. The molecule has 12 heteroatoms. The molecule has 0 radical (unpaired) electrons. The third-order valence-electron chi connectivity index (χ3n) is 10.3. The van der Waals surface area contributed by atoms with Gasteiger partial charge in [0, 0.05) is 18.7 Å². The number of fused-ring (bicyclic) bond motifs is 1. The number of H-pyrrole nitrogens is 2. The first kappa shape index (κ1) is 36.7. The van der Waals surface area contributed by atoms with Crippen LogP contribution in [0.3, 0.4) is 0 Å². The molecule has 0 unspecified atom stereocenters. The van der Waals surface area contributed by atoms with Crippen LogP contribution in [0.25, 0.3) is 44.4 Å². The number of benzene rings is 3. The van der Waals surface area contributed by atoms with E-state index in [0.717, 1.165) is 81.7 Å². The number of methoxy groups -OCH3 is 1. The minimum absolute atomic E-state index is 0.0953. The molecule has 0 spiro atoms. The van der Waals surface area contributed by atoms with Crippen LogP contribution in [0.4, 0.5) is 9.59 Å². The number of alkyl carbamates (subject to hydrolysis) is 1. The molecule has 3 N–H and O–H groups in total. The summed E-state index contributed by atoms with van der Waals surface area (Å²) in [5.74, 6) is 1.29. The number of amides is 3. The van der Waals surface area contributed by atoms with Crippen molar-refractivity contribution in [3.8, 4) is 33.6 Å². The van der Waals surface area contributed by atoms with E-state index in [0.29, 0.717) is 13.1 Å². The topological polar surface area (TPSA) is 146 Å². The molecule has 4 heterocycles. The molecule has 2 aromatic heterocycles. The standard InChI is InChI=1S/C42H49N7O5/c1-25(2)36(47-40(51)53-6)39(50)48-19-7-9-34(48)37-43-23-32(45-37)27-13-11-26(12-14-27)28-15-16-30-22-31(18-17-29(30)21-28)33-24-44-38(46-33)35-10-8-20-49(35)41(52)54-42(3,4)5/h11-18,21-25,34-36H,7-10,19-20H2,1-6H3,(H,43,45)(H,44,46)(H,47,51)/t34-,35+,36-/m0/s1. The van der Waals surface area contributed by atoms with Crippen LogP contribution in [0.2, 0.25) is 0 Å². The van der Waals surface area contributed by atoms with Crippen molar-refractivity contribution in [2.24, 2.45) is 5.92 Å². The monoisotopic (exact) mass is 731 g/mol. The predicted octanol–water partition coefficient (Wildman–Crippen LogP) is 8.40. The number of likely N-dealkylation sites (tertiary alicyclic amines) is 2. The van der Waals surface area contributed by atoms with E-state index in [-0.39, 0.29) is 30.0 Å². The van der Waals surface area contributed by atoms with Gasteiger partial charge in [-0.2, -0.15) is 0 Å². The third-order valence-corrected chi connectivity index (χ3v) is 10.3. The summed E-state index contributed by atoms with van der Waals surface area (Å²) >= 11 is 0. The molecule has 3 amide bonds. The average molecular weight is 732 g/mol. The van der Waals surface area contributed by atoms with E-state index in [1.54, 1.807) is 4.90 Å². The summed E-state index contributed by atoms with van der Waals surface area (Å²) in [7, 11) is 1.30. The number of aromatic amines is 2. The molecule has 282 valence electrons. The Bertz CT molecular complexity index is 2150. The molecule has 0 aliphatic carbocycles. The molecule has 3 aromatic carbocycles. The number of hydrogen-bond acceptors (Lipinski definition) is 7. The van der Waals surface area contributed by atoms with Crippen LogP contribution in [0.15, 0.2) is 73.1 Å². The number of aromatic nitrogens is 4. The van der Waals surface area contributed by atoms with Gasteiger partial charge in [-0.05, 0) is 92.0 Å². The summed E-state index contributed by atoms with van der Waals surface area (Å²) in [4.78, 5) is 58.2. The number of ether oxygens (including phenoxy) is 2. The van der Waals surface area contributed by atoms with Crippen molar-refractivity contribution in [2.75, 3.05) is 20.2 Å². The van der Waals surface area contributed by atoms with E-state index in [2.05, 4.69) is 85.9 Å². The van der Waals surface area contributed by atoms with Crippen LogP contribution < -0.4 is 5.32 Å². The Balaban J connectivity index is 1.03. The maximum absolute atomic E-state index is 13.5. The van der Waals surface area contributed by atoms with Crippen molar-refractivity contribution in [3.05, 3.63) is 84.7 Å². The lowest BCUT2D eigenvalue weighted by Gasteiger charge is -2.30. The molecule has 2 saturated heterocycles. The summed E-state index contributed by atoms with van der Waals surface area (Å²) in [6.07, 6.45) is 6.15. The second-order valence-corrected chi connectivity index (χ2v) is 15.6. The van der Waals surface area contributed by atoms with Gasteiger partial charge in [0.2, 0.25) is 5.91 Å². The van der Waals surface area contributed by atoms with Crippen LogP contribution in [-0.2, 0) is 14.3 Å². The van der Waals surface area contributed by atoms with Gasteiger partial charge in [0.1, 0.15) is 23.3 Å². The quantitative estimate of drug-likeness (QED) is 0.145. The number of imidazole rings is 2. The number of hydrogen-bond donors (Lipinski definition) is 3. The van der Waals surface area contributed by atoms with Crippen molar-refractivity contribution in [1.29, 1.82) is 0 Å². The highest BCUT2D eigenvalue weighted by Gasteiger charge is 2.38. The van der Waals surface area contributed by atoms with E-state index in [9.17, 15) is 14.4 Å². The number of nitrogens with one attached hydrogen (secondary N) is 3. The highest BCUT2D eigenvalue weighted by atomic mass is 16.6. The Labute approximate surface area is 315 Å². The summed E-state index contributed by atoms with van der Waals surface area (Å²) in [5, 5.41) is 4.95. The summed E-state index contributed by atoms with van der Waals surface area (Å²) in [5.41, 5.74) is 5.47. The molecule has 54 heavy (non-hydrogen) atoms. The van der Waals surface area contributed by atoms with Gasteiger partial charge in [-0.25, -0.2) is 19.6 Å². The van der Waals surface area contributed by atoms with Gasteiger partial charge < -0.3 is 29.7 Å². The Kier molecular flexibility index (Phi) is 10.2. The van der Waals surface area contributed by atoms with Gasteiger partial charge >= 0.3 is 12.2 Å². The van der Waals surface area contributed by atoms with Crippen molar-refractivity contribution >= 4 is 28.9 Å². The molecular formula is C42H49N7O5. The summed E-state index contributed by atoms with van der Waals surface area (Å²) in [6, 6.07) is 20.2. The molecule has 5 aromatic rings. The van der Waals surface area contributed by atoms with Crippen molar-refractivity contribution in [1.82, 2.24) is 35.1 Å². The number of rotatable bonds is 8. The van der Waals surface area contributed by atoms with Gasteiger partial charge in [0.15, 0.2) is 0 Å². The van der Waals surface area contributed by atoms with Crippen LogP contribution >= 0.6 is 0 Å². The lowest BCUT2D eigenvalue weighted by atomic mass is 9.98. The zero-order valence-corrected chi connectivity index (χ0v) is 31.8. The SMILES string of the molecule is COC(=O)N[C@H](C(=O)N1CCC[C@H]1c1ncc(-c2ccc(-c3ccc4cc(-c5cnc([C@H]6CCCN6C(=O)OC(C)(C)C)[nH]5)ccc4c3)cc2)[nH]1)C(C)C. The van der Waals surface area contributed by atoms with Gasteiger partial charge in [0.25, 0.3) is 0 Å². The second-order valence-electron chi connectivity index (χ2n) is 15.6. The highest BCUT2D eigenvalue weighted by Crippen LogP contribution is 2.35. The molecule has 12 nitrogen and oxygen atoms in total. The fraction of sp³-hybridized carbons (Fsp3) is 0.405. The molecule has 0 bridgehead atoms. The van der Waals surface area contributed by atoms with E-state index < -0.39 is 17.7 Å². The first-order chi connectivity index (χ1) is 25.9. The van der Waals surface area contributed by atoms with E-state index in [1.807, 2.05) is 51.9 Å². The minimum atomic E-state index is -0.677. The van der Waals surface area contributed by atoms with Gasteiger partial charge in [-0.3, -0.25) is 9.69 Å². The average Bonchev–Trinajstić information content (AvgIpc) is 3.98. The molecule has 3 atom stereocenters. The molecule has 2 aliphatic heterocycles. The van der Waals surface area contributed by atoms with Gasteiger partial charge in [-0.1, -0.05) is 62.4 Å². The Morgan fingerprint density at radius 1 is 0.759 bits per heavy atom. The van der Waals surface area contributed by atoms with E-state index >= 15 is 0 Å². The minimum Gasteiger partial charge on any atom is -0.453 e. The van der Waals surface area contributed by atoms with E-state index in [1.165, 1.54) is 7.11 Å². The highest BCUT2D eigenvalue weighted by molar-refractivity contribution is 5.91. The fourth-order valence-electron chi connectivity index (χ4n) is 7.52. The summed E-state index contributed by atoms with van der Waals surface area (Å²) in [6.45, 7) is 10.7. The van der Waals surface area contributed by atoms with Crippen LogP contribution in [0.1, 0.15) is 84.0 Å². The fourth-order valence-corrected chi connectivity index (χ4v) is 7.52. The third kappa shape index (κ3) is 7.69. The first-order valence-electron chi connectivity index (χ1n) is 18.8. The molecule has 2 aliphatic rings. The zero-order valence-electron chi connectivity index (χ0n) is 31.8. The van der Waals surface area contributed by atoms with Crippen molar-refractivity contribution in [3.63, 3.8) is 0 Å². The maximum atomic E-state index is 13.5.